The van der Waals surface area contributed by atoms with Gasteiger partial charge in [0.1, 0.15) is 0 Å². The van der Waals surface area contributed by atoms with E-state index in [1.54, 1.807) is 0 Å². The molecule has 2 aromatic rings. The third-order valence-electron chi connectivity index (χ3n) is 4.93. The van der Waals surface area contributed by atoms with Gasteiger partial charge in [-0.15, -0.1) is 0 Å². The van der Waals surface area contributed by atoms with Crippen molar-refractivity contribution in [3.8, 4) is 0 Å². The predicted octanol–water partition coefficient (Wildman–Crippen LogP) is 2.28. The van der Waals surface area contributed by atoms with Gasteiger partial charge in [0.05, 0.1) is 26.4 Å². The molecule has 2 rings (SSSR count). The molecular formula is C25H39N3O3. The highest BCUT2D eigenvalue weighted by Gasteiger charge is 2.05. The maximum atomic E-state index is 9.13. The SMILES string of the molecule is OCCCN(CCOCCNCc1ccccc1)CCOCCNCc1ccccc1. The van der Waals surface area contributed by atoms with Gasteiger partial charge in [0.25, 0.3) is 0 Å². The van der Waals surface area contributed by atoms with Crippen LogP contribution in [0.2, 0.25) is 0 Å². The van der Waals surface area contributed by atoms with Crippen LogP contribution < -0.4 is 10.6 Å². The first-order valence-electron chi connectivity index (χ1n) is 11.4. The zero-order chi connectivity index (χ0) is 21.8. The zero-order valence-corrected chi connectivity index (χ0v) is 18.7. The van der Waals surface area contributed by atoms with Crippen LogP contribution in [0.25, 0.3) is 0 Å². The van der Waals surface area contributed by atoms with E-state index in [4.69, 9.17) is 14.6 Å². The molecule has 0 saturated carbocycles. The molecular weight excluding hydrogens is 390 g/mol. The number of rotatable bonds is 19. The zero-order valence-electron chi connectivity index (χ0n) is 18.7. The van der Waals surface area contributed by atoms with Crippen LogP contribution in [0, 0.1) is 0 Å². The summed E-state index contributed by atoms with van der Waals surface area (Å²) >= 11 is 0. The summed E-state index contributed by atoms with van der Waals surface area (Å²) < 4.78 is 11.5. The summed E-state index contributed by atoms with van der Waals surface area (Å²) in [5.41, 5.74) is 2.57. The summed E-state index contributed by atoms with van der Waals surface area (Å²) in [6, 6.07) is 20.8. The fraction of sp³-hybridized carbons (Fsp3) is 0.520. The lowest BCUT2D eigenvalue weighted by Gasteiger charge is -2.22. The Hall–Kier alpha value is -1.80. The van der Waals surface area contributed by atoms with E-state index in [9.17, 15) is 0 Å². The second-order valence-corrected chi connectivity index (χ2v) is 7.47. The monoisotopic (exact) mass is 429 g/mol. The molecule has 0 atom stereocenters. The Kier molecular flexibility index (Phi) is 14.7. The average molecular weight is 430 g/mol. The summed E-state index contributed by atoms with van der Waals surface area (Å²) in [5.74, 6) is 0. The van der Waals surface area contributed by atoms with Crippen LogP contribution in [0.3, 0.4) is 0 Å². The molecule has 31 heavy (non-hydrogen) atoms. The Bertz CT molecular complexity index is 589. The first kappa shape index (κ1) is 25.5. The van der Waals surface area contributed by atoms with Crippen LogP contribution >= 0.6 is 0 Å². The lowest BCUT2D eigenvalue weighted by Crippen LogP contribution is -2.33. The largest absolute Gasteiger partial charge is 0.396 e. The summed E-state index contributed by atoms with van der Waals surface area (Å²) in [6.07, 6.45) is 0.775. The minimum Gasteiger partial charge on any atom is -0.396 e. The molecule has 0 spiro atoms. The Morgan fingerprint density at radius 2 is 1.13 bits per heavy atom. The van der Waals surface area contributed by atoms with Crippen molar-refractivity contribution in [1.82, 2.24) is 15.5 Å². The Morgan fingerprint density at radius 3 is 1.58 bits per heavy atom. The number of hydrogen-bond acceptors (Lipinski definition) is 6. The van der Waals surface area contributed by atoms with Crippen molar-refractivity contribution in [2.45, 2.75) is 19.5 Å². The van der Waals surface area contributed by atoms with E-state index in [1.807, 2.05) is 12.1 Å². The summed E-state index contributed by atoms with van der Waals surface area (Å²) in [7, 11) is 0. The normalized spacial score (nSPS) is 11.3. The maximum absolute atomic E-state index is 9.13. The molecule has 0 radical (unpaired) electrons. The summed E-state index contributed by atoms with van der Waals surface area (Å²) in [6.45, 7) is 8.97. The maximum Gasteiger partial charge on any atom is 0.0594 e. The van der Waals surface area contributed by atoms with Crippen LogP contribution in [0.1, 0.15) is 17.5 Å². The number of benzene rings is 2. The van der Waals surface area contributed by atoms with Crippen LogP contribution in [0.15, 0.2) is 60.7 Å². The molecule has 6 nitrogen and oxygen atoms in total. The average Bonchev–Trinajstić information content (AvgIpc) is 2.82. The number of aliphatic hydroxyl groups excluding tert-OH is 1. The third-order valence-corrected chi connectivity index (χ3v) is 4.93. The predicted molar refractivity (Wildman–Crippen MR) is 126 cm³/mol. The molecule has 0 unspecified atom stereocenters. The molecule has 3 N–H and O–H groups in total. The second-order valence-electron chi connectivity index (χ2n) is 7.47. The fourth-order valence-corrected chi connectivity index (χ4v) is 3.17. The van der Waals surface area contributed by atoms with E-state index in [0.29, 0.717) is 26.4 Å². The van der Waals surface area contributed by atoms with Gasteiger partial charge in [-0.3, -0.25) is 4.90 Å². The molecule has 0 saturated heterocycles. The molecule has 172 valence electrons. The van der Waals surface area contributed by atoms with Crippen molar-refractivity contribution in [2.75, 3.05) is 65.8 Å². The van der Waals surface area contributed by atoms with Gasteiger partial charge in [0.15, 0.2) is 0 Å². The summed E-state index contributed by atoms with van der Waals surface area (Å²) in [5, 5.41) is 15.9. The molecule has 0 aliphatic carbocycles. The molecule has 2 aromatic carbocycles. The minimum absolute atomic E-state index is 0.213. The van der Waals surface area contributed by atoms with E-state index in [0.717, 1.165) is 52.2 Å². The Labute approximate surface area is 187 Å². The molecule has 6 heteroatoms. The number of nitrogens with one attached hydrogen (secondary N) is 2. The van der Waals surface area contributed by atoms with Gasteiger partial charge in [-0.05, 0) is 17.5 Å². The van der Waals surface area contributed by atoms with Crippen molar-refractivity contribution >= 4 is 0 Å². The molecule has 0 bridgehead atoms. The first-order valence-corrected chi connectivity index (χ1v) is 11.4. The van der Waals surface area contributed by atoms with Crippen LogP contribution in [-0.2, 0) is 22.6 Å². The van der Waals surface area contributed by atoms with E-state index < -0.39 is 0 Å². The van der Waals surface area contributed by atoms with Crippen molar-refractivity contribution in [3.63, 3.8) is 0 Å². The third kappa shape index (κ3) is 13.3. The lowest BCUT2D eigenvalue weighted by atomic mass is 10.2. The second kappa shape index (κ2) is 17.8. The van der Waals surface area contributed by atoms with Crippen molar-refractivity contribution in [1.29, 1.82) is 0 Å². The highest BCUT2D eigenvalue weighted by Crippen LogP contribution is 1.98. The molecule has 0 amide bonds. The van der Waals surface area contributed by atoms with E-state index in [1.165, 1.54) is 11.1 Å². The quantitative estimate of drug-likeness (QED) is 0.298. The standard InChI is InChI=1S/C25H39N3O3/c29-17-7-14-28(15-20-30-18-12-26-22-24-8-3-1-4-9-24)16-21-31-19-13-27-23-25-10-5-2-6-11-25/h1-6,8-11,26-27,29H,7,12-23H2. The van der Waals surface area contributed by atoms with Gasteiger partial charge >= 0.3 is 0 Å². The first-order chi connectivity index (χ1) is 15.4. The topological polar surface area (TPSA) is 66.0 Å². The fourth-order valence-electron chi connectivity index (χ4n) is 3.17. The Balaban J connectivity index is 1.45. The van der Waals surface area contributed by atoms with Gasteiger partial charge in [-0.25, -0.2) is 0 Å². The van der Waals surface area contributed by atoms with Crippen molar-refractivity contribution < 1.29 is 14.6 Å². The van der Waals surface area contributed by atoms with Gasteiger partial charge in [0, 0.05) is 52.4 Å². The van der Waals surface area contributed by atoms with Gasteiger partial charge in [0.2, 0.25) is 0 Å². The van der Waals surface area contributed by atoms with Gasteiger partial charge < -0.3 is 25.2 Å². The number of ether oxygens (including phenoxy) is 2. The smallest absolute Gasteiger partial charge is 0.0594 e. The molecule has 0 aromatic heterocycles. The highest BCUT2D eigenvalue weighted by molar-refractivity contribution is 5.14. The molecule has 0 fully saturated rings. The van der Waals surface area contributed by atoms with Gasteiger partial charge in [-0.2, -0.15) is 0 Å². The number of aliphatic hydroxyl groups is 1. The molecule has 0 aliphatic rings. The van der Waals surface area contributed by atoms with Crippen LogP contribution in [0.4, 0.5) is 0 Å². The van der Waals surface area contributed by atoms with Crippen molar-refractivity contribution in [3.05, 3.63) is 71.8 Å². The Morgan fingerprint density at radius 1 is 0.645 bits per heavy atom. The summed E-state index contributed by atoms with van der Waals surface area (Å²) in [4.78, 5) is 2.30. The van der Waals surface area contributed by atoms with E-state index in [2.05, 4.69) is 64.1 Å². The van der Waals surface area contributed by atoms with Crippen molar-refractivity contribution in [2.24, 2.45) is 0 Å². The van der Waals surface area contributed by atoms with E-state index >= 15 is 0 Å². The van der Waals surface area contributed by atoms with Crippen LogP contribution in [0.5, 0.6) is 0 Å². The lowest BCUT2D eigenvalue weighted by molar-refractivity contribution is 0.0731. The van der Waals surface area contributed by atoms with Crippen LogP contribution in [-0.4, -0.2) is 75.8 Å². The molecule has 0 aliphatic heterocycles. The molecule has 0 heterocycles. The van der Waals surface area contributed by atoms with Gasteiger partial charge in [-0.1, -0.05) is 60.7 Å². The number of nitrogens with zero attached hydrogens (tertiary/aromatic N) is 1. The minimum atomic E-state index is 0.213. The highest BCUT2D eigenvalue weighted by atomic mass is 16.5. The van der Waals surface area contributed by atoms with E-state index in [-0.39, 0.29) is 6.61 Å². The number of hydrogen-bond donors (Lipinski definition) is 3.